The zero-order valence-electron chi connectivity index (χ0n) is 9.92. The van der Waals surface area contributed by atoms with Crippen LogP contribution in [0.2, 0.25) is 0 Å². The van der Waals surface area contributed by atoms with Gasteiger partial charge in [-0.15, -0.1) is 0 Å². The molecular formula is C13H18N2O. The molecule has 1 N–H and O–H groups in total. The monoisotopic (exact) mass is 218 g/mol. The van der Waals surface area contributed by atoms with Gasteiger partial charge in [0, 0.05) is 31.4 Å². The number of anilines is 1. The Labute approximate surface area is 96.5 Å². The quantitative estimate of drug-likeness (QED) is 0.824. The van der Waals surface area contributed by atoms with Crippen molar-refractivity contribution in [1.29, 1.82) is 0 Å². The van der Waals surface area contributed by atoms with Gasteiger partial charge in [-0.1, -0.05) is 6.07 Å². The molecule has 1 aliphatic rings. The van der Waals surface area contributed by atoms with Gasteiger partial charge >= 0.3 is 0 Å². The Balaban J connectivity index is 2.37. The lowest BCUT2D eigenvalue weighted by Gasteiger charge is -2.23. The molecule has 0 bridgehead atoms. The summed E-state index contributed by atoms with van der Waals surface area (Å²) in [6, 6.07) is 5.94. The molecule has 1 aliphatic heterocycles. The highest BCUT2D eigenvalue weighted by Crippen LogP contribution is 2.25. The highest BCUT2D eigenvalue weighted by atomic mass is 16.2. The lowest BCUT2D eigenvalue weighted by atomic mass is 9.97. The number of carbonyl (C=O) groups excluding carboxylic acids is 1. The van der Waals surface area contributed by atoms with E-state index in [0.29, 0.717) is 0 Å². The molecule has 0 aromatic heterocycles. The van der Waals surface area contributed by atoms with Crippen molar-refractivity contribution < 1.29 is 4.79 Å². The van der Waals surface area contributed by atoms with Gasteiger partial charge in [-0.2, -0.15) is 0 Å². The SMILES string of the molecule is CCN(C)C(=O)c1cccc2c1CCCN2. The minimum atomic E-state index is 0.128. The van der Waals surface area contributed by atoms with Crippen LogP contribution >= 0.6 is 0 Å². The van der Waals surface area contributed by atoms with Gasteiger partial charge in [0.05, 0.1) is 0 Å². The first-order chi connectivity index (χ1) is 7.74. The third kappa shape index (κ3) is 1.90. The smallest absolute Gasteiger partial charge is 0.253 e. The van der Waals surface area contributed by atoms with Gasteiger partial charge in [-0.3, -0.25) is 4.79 Å². The van der Waals surface area contributed by atoms with E-state index in [0.717, 1.165) is 37.2 Å². The van der Waals surface area contributed by atoms with E-state index < -0.39 is 0 Å². The number of benzene rings is 1. The topological polar surface area (TPSA) is 32.3 Å². The van der Waals surface area contributed by atoms with E-state index in [2.05, 4.69) is 11.4 Å². The Hall–Kier alpha value is -1.51. The number of nitrogens with zero attached hydrogens (tertiary/aromatic N) is 1. The summed E-state index contributed by atoms with van der Waals surface area (Å²) >= 11 is 0. The summed E-state index contributed by atoms with van der Waals surface area (Å²) in [7, 11) is 1.85. The van der Waals surface area contributed by atoms with Crippen LogP contribution in [0.4, 0.5) is 5.69 Å². The number of hydrogen-bond donors (Lipinski definition) is 1. The first kappa shape index (κ1) is 11.0. The van der Waals surface area contributed by atoms with Gasteiger partial charge < -0.3 is 10.2 Å². The van der Waals surface area contributed by atoms with Crippen LogP contribution in [0.5, 0.6) is 0 Å². The minimum Gasteiger partial charge on any atom is -0.385 e. The Bertz CT molecular complexity index is 401. The summed E-state index contributed by atoms with van der Waals surface area (Å²) in [5, 5.41) is 3.34. The molecule has 1 aromatic carbocycles. The fourth-order valence-corrected chi connectivity index (χ4v) is 2.06. The number of hydrogen-bond acceptors (Lipinski definition) is 2. The molecule has 0 aliphatic carbocycles. The summed E-state index contributed by atoms with van der Waals surface area (Å²) in [5.41, 5.74) is 3.16. The van der Waals surface area contributed by atoms with Gasteiger partial charge in [0.1, 0.15) is 0 Å². The molecule has 1 amide bonds. The molecule has 2 rings (SSSR count). The van der Waals surface area contributed by atoms with Crippen molar-refractivity contribution in [3.8, 4) is 0 Å². The first-order valence-electron chi connectivity index (χ1n) is 5.85. The molecule has 0 fully saturated rings. The van der Waals surface area contributed by atoms with Gasteiger partial charge in [0.25, 0.3) is 5.91 Å². The molecule has 16 heavy (non-hydrogen) atoms. The van der Waals surface area contributed by atoms with E-state index in [1.54, 1.807) is 4.90 Å². The number of carbonyl (C=O) groups is 1. The van der Waals surface area contributed by atoms with E-state index in [-0.39, 0.29) is 5.91 Å². The summed E-state index contributed by atoms with van der Waals surface area (Å²) in [6.07, 6.45) is 2.11. The number of rotatable bonds is 2. The summed E-state index contributed by atoms with van der Waals surface area (Å²) in [4.78, 5) is 13.9. The summed E-state index contributed by atoms with van der Waals surface area (Å²) < 4.78 is 0. The normalized spacial score (nSPS) is 13.9. The number of amides is 1. The molecule has 1 aromatic rings. The Morgan fingerprint density at radius 2 is 2.31 bits per heavy atom. The average molecular weight is 218 g/mol. The standard InChI is InChI=1S/C13H18N2O/c1-3-15(2)13(16)11-6-4-8-12-10(11)7-5-9-14-12/h4,6,8,14H,3,5,7,9H2,1-2H3. The van der Waals surface area contributed by atoms with E-state index in [1.807, 2.05) is 26.1 Å². The predicted molar refractivity (Wildman–Crippen MR) is 65.9 cm³/mol. The van der Waals surface area contributed by atoms with E-state index in [4.69, 9.17) is 0 Å². The maximum absolute atomic E-state index is 12.1. The van der Waals surface area contributed by atoms with Crippen LogP contribution in [0, 0.1) is 0 Å². The molecular weight excluding hydrogens is 200 g/mol. The van der Waals surface area contributed by atoms with Crippen molar-refractivity contribution in [3.63, 3.8) is 0 Å². The molecule has 3 heteroatoms. The van der Waals surface area contributed by atoms with E-state index >= 15 is 0 Å². The molecule has 86 valence electrons. The highest BCUT2D eigenvalue weighted by molar-refractivity contribution is 5.97. The van der Waals surface area contributed by atoms with Crippen LogP contribution in [0.25, 0.3) is 0 Å². The maximum atomic E-state index is 12.1. The maximum Gasteiger partial charge on any atom is 0.253 e. The van der Waals surface area contributed by atoms with Crippen molar-refractivity contribution in [3.05, 3.63) is 29.3 Å². The Morgan fingerprint density at radius 1 is 1.50 bits per heavy atom. The van der Waals surface area contributed by atoms with Gasteiger partial charge in [-0.05, 0) is 37.5 Å². The zero-order valence-corrected chi connectivity index (χ0v) is 9.92. The second-order valence-electron chi connectivity index (χ2n) is 4.18. The van der Waals surface area contributed by atoms with Crippen LogP contribution in [-0.4, -0.2) is 30.9 Å². The van der Waals surface area contributed by atoms with Gasteiger partial charge in [0.15, 0.2) is 0 Å². The molecule has 0 unspecified atom stereocenters. The zero-order chi connectivity index (χ0) is 11.5. The van der Waals surface area contributed by atoms with Crippen LogP contribution in [0.15, 0.2) is 18.2 Å². The van der Waals surface area contributed by atoms with Crippen molar-refractivity contribution in [2.45, 2.75) is 19.8 Å². The third-order valence-corrected chi connectivity index (χ3v) is 3.15. The van der Waals surface area contributed by atoms with Crippen molar-refractivity contribution in [1.82, 2.24) is 4.90 Å². The van der Waals surface area contributed by atoms with Crippen molar-refractivity contribution in [2.24, 2.45) is 0 Å². The van der Waals surface area contributed by atoms with Gasteiger partial charge in [-0.25, -0.2) is 0 Å². The van der Waals surface area contributed by atoms with Crippen LogP contribution in [0.3, 0.4) is 0 Å². The predicted octanol–water partition coefficient (Wildman–Crippen LogP) is 2.14. The molecule has 0 saturated carbocycles. The second kappa shape index (κ2) is 4.56. The van der Waals surface area contributed by atoms with Crippen LogP contribution in [0.1, 0.15) is 29.3 Å². The fourth-order valence-electron chi connectivity index (χ4n) is 2.06. The van der Waals surface area contributed by atoms with Crippen LogP contribution in [-0.2, 0) is 6.42 Å². The molecule has 3 nitrogen and oxygen atoms in total. The minimum absolute atomic E-state index is 0.128. The van der Waals surface area contributed by atoms with E-state index in [1.165, 1.54) is 5.56 Å². The number of nitrogens with one attached hydrogen (secondary N) is 1. The molecule has 0 saturated heterocycles. The first-order valence-corrected chi connectivity index (χ1v) is 5.85. The van der Waals surface area contributed by atoms with E-state index in [9.17, 15) is 4.79 Å². The average Bonchev–Trinajstić information content (AvgIpc) is 2.36. The van der Waals surface area contributed by atoms with Crippen molar-refractivity contribution >= 4 is 11.6 Å². The third-order valence-electron chi connectivity index (χ3n) is 3.15. The molecule has 1 heterocycles. The highest BCUT2D eigenvalue weighted by Gasteiger charge is 2.18. The molecule has 0 atom stereocenters. The second-order valence-corrected chi connectivity index (χ2v) is 4.18. The molecule has 0 radical (unpaired) electrons. The Kier molecular flexibility index (Phi) is 3.13. The fraction of sp³-hybridized carbons (Fsp3) is 0.462. The Morgan fingerprint density at radius 3 is 3.06 bits per heavy atom. The van der Waals surface area contributed by atoms with Crippen molar-refractivity contribution in [2.75, 3.05) is 25.5 Å². The van der Waals surface area contributed by atoms with Gasteiger partial charge in [0.2, 0.25) is 0 Å². The lowest BCUT2D eigenvalue weighted by molar-refractivity contribution is 0.0801. The summed E-state index contributed by atoms with van der Waals surface area (Å²) in [6.45, 7) is 3.75. The van der Waals surface area contributed by atoms with Crippen LogP contribution < -0.4 is 5.32 Å². The molecule has 0 spiro atoms. The largest absolute Gasteiger partial charge is 0.385 e. The number of fused-ring (bicyclic) bond motifs is 1. The lowest BCUT2D eigenvalue weighted by Crippen LogP contribution is -2.28. The summed E-state index contributed by atoms with van der Waals surface area (Å²) in [5.74, 6) is 0.128.